The third kappa shape index (κ3) is 3.38. The van der Waals surface area contributed by atoms with Gasteiger partial charge in [0, 0.05) is 13.1 Å². The highest BCUT2D eigenvalue weighted by molar-refractivity contribution is 5.96. The lowest BCUT2D eigenvalue weighted by molar-refractivity contribution is -0.385. The molecule has 9 heteroatoms. The van der Waals surface area contributed by atoms with E-state index in [1.165, 1.54) is 0 Å². The van der Waals surface area contributed by atoms with E-state index in [0.717, 1.165) is 12.8 Å². The van der Waals surface area contributed by atoms with E-state index in [1.54, 1.807) is 4.90 Å². The Kier molecular flexibility index (Phi) is 5.90. The molecule has 1 fully saturated rings. The van der Waals surface area contributed by atoms with E-state index in [0.29, 0.717) is 31.7 Å². The Morgan fingerprint density at radius 2 is 2.27 bits per heavy atom. The van der Waals surface area contributed by atoms with Gasteiger partial charge in [0.2, 0.25) is 5.69 Å². The predicted molar refractivity (Wildman–Crippen MR) is 84.2 cm³/mol. The summed E-state index contributed by atoms with van der Waals surface area (Å²) in [6.45, 7) is 5.48. The fourth-order valence-electron chi connectivity index (χ4n) is 2.66. The molecule has 2 rings (SSSR count). The summed E-state index contributed by atoms with van der Waals surface area (Å²) in [6, 6.07) is 0. The van der Waals surface area contributed by atoms with Gasteiger partial charge in [0.1, 0.15) is 5.69 Å². The average Bonchev–Trinajstić information content (AvgIpc) is 3.03. The number of carbonyl (C=O) groups is 1. The third-order valence-electron chi connectivity index (χ3n) is 4.04. The van der Waals surface area contributed by atoms with Crippen molar-refractivity contribution in [1.29, 1.82) is 0 Å². The van der Waals surface area contributed by atoms with Crippen LogP contribution in [0, 0.1) is 15.5 Å². The Morgan fingerprint density at radius 1 is 1.59 bits per heavy atom. The lowest BCUT2D eigenvalue weighted by Crippen LogP contribution is -2.34. The smallest absolute Gasteiger partial charge is 0.322 e. The van der Waals surface area contributed by atoms with Crippen molar-refractivity contribution in [2.75, 3.05) is 19.6 Å². The number of rotatable bonds is 5. The van der Waals surface area contributed by atoms with Crippen molar-refractivity contribution in [3.05, 3.63) is 21.5 Å². The molecular formula is C13H22ClN5O3. The van der Waals surface area contributed by atoms with Crippen LogP contribution in [-0.4, -0.2) is 45.6 Å². The number of carbonyl (C=O) groups excluding carboxylic acids is 1. The maximum Gasteiger partial charge on any atom is 0.322 e. The van der Waals surface area contributed by atoms with Gasteiger partial charge in [-0.2, -0.15) is 5.10 Å². The van der Waals surface area contributed by atoms with Crippen molar-refractivity contribution in [2.45, 2.75) is 33.1 Å². The summed E-state index contributed by atoms with van der Waals surface area (Å²) in [5.41, 5.74) is 5.73. The first-order valence-corrected chi connectivity index (χ1v) is 7.13. The minimum Gasteiger partial charge on any atom is -0.336 e. The van der Waals surface area contributed by atoms with E-state index in [2.05, 4.69) is 10.2 Å². The molecule has 1 atom stereocenters. The topological polar surface area (TPSA) is 118 Å². The van der Waals surface area contributed by atoms with Crippen LogP contribution in [0.25, 0.3) is 0 Å². The van der Waals surface area contributed by atoms with Gasteiger partial charge in [-0.05, 0) is 24.8 Å². The Balaban J connectivity index is 0.00000242. The number of nitro groups is 1. The summed E-state index contributed by atoms with van der Waals surface area (Å²) in [5, 5.41) is 17.8. The zero-order valence-electron chi connectivity index (χ0n) is 12.8. The van der Waals surface area contributed by atoms with Crippen molar-refractivity contribution in [3.8, 4) is 0 Å². The first-order valence-electron chi connectivity index (χ1n) is 7.13. The Morgan fingerprint density at radius 3 is 2.77 bits per heavy atom. The summed E-state index contributed by atoms with van der Waals surface area (Å²) in [7, 11) is 0. The highest BCUT2D eigenvalue weighted by atomic mass is 35.5. The maximum atomic E-state index is 12.5. The molecule has 124 valence electrons. The second-order valence-electron chi connectivity index (χ2n) is 5.90. The molecule has 0 bridgehead atoms. The first-order chi connectivity index (χ1) is 9.91. The molecule has 1 aliphatic rings. The normalized spacial score (nSPS) is 20.8. The van der Waals surface area contributed by atoms with Crippen LogP contribution in [0.1, 0.15) is 42.9 Å². The van der Waals surface area contributed by atoms with Gasteiger partial charge in [-0.1, -0.05) is 20.3 Å². The molecule has 2 heterocycles. The largest absolute Gasteiger partial charge is 0.336 e. The number of aryl methyl sites for hydroxylation is 1. The molecule has 1 saturated heterocycles. The predicted octanol–water partition coefficient (Wildman–Crippen LogP) is 1.50. The second-order valence-corrected chi connectivity index (χ2v) is 5.90. The summed E-state index contributed by atoms with van der Waals surface area (Å²) in [5.74, 6) is -0.391. The van der Waals surface area contributed by atoms with Crippen molar-refractivity contribution in [2.24, 2.45) is 11.1 Å². The minimum absolute atomic E-state index is 0. The third-order valence-corrected chi connectivity index (χ3v) is 4.04. The van der Waals surface area contributed by atoms with Crippen LogP contribution >= 0.6 is 12.4 Å². The standard InChI is InChI=1S/C13H21N5O3.ClH/c1-3-4-9-11(18(20)21)10(16-15-9)12(19)17-6-5-13(2,7-14)8-17;/h3-8,14H2,1-2H3,(H,15,16);1H. The molecule has 0 radical (unpaired) electrons. The molecule has 1 aliphatic heterocycles. The molecule has 8 nitrogen and oxygen atoms in total. The van der Waals surface area contributed by atoms with Crippen molar-refractivity contribution < 1.29 is 9.72 Å². The van der Waals surface area contributed by atoms with E-state index in [-0.39, 0.29) is 29.2 Å². The van der Waals surface area contributed by atoms with Crippen LogP contribution < -0.4 is 5.73 Å². The molecule has 0 aliphatic carbocycles. The number of likely N-dealkylation sites (tertiary alicyclic amines) is 1. The molecule has 1 unspecified atom stereocenters. The van der Waals surface area contributed by atoms with Crippen LogP contribution in [0.2, 0.25) is 0 Å². The summed E-state index contributed by atoms with van der Waals surface area (Å²) >= 11 is 0. The van der Waals surface area contributed by atoms with Gasteiger partial charge in [-0.25, -0.2) is 0 Å². The van der Waals surface area contributed by atoms with Crippen LogP contribution in [0.5, 0.6) is 0 Å². The minimum atomic E-state index is -0.528. The number of nitrogens with two attached hydrogens (primary N) is 1. The van der Waals surface area contributed by atoms with Crippen LogP contribution in [0.3, 0.4) is 0 Å². The molecule has 1 aromatic rings. The maximum absolute atomic E-state index is 12.5. The lowest BCUT2D eigenvalue weighted by Gasteiger charge is -2.21. The Labute approximate surface area is 135 Å². The summed E-state index contributed by atoms with van der Waals surface area (Å²) < 4.78 is 0. The number of aromatic amines is 1. The van der Waals surface area contributed by atoms with E-state index in [1.807, 2.05) is 13.8 Å². The van der Waals surface area contributed by atoms with Gasteiger partial charge < -0.3 is 10.6 Å². The van der Waals surface area contributed by atoms with Gasteiger partial charge in [-0.3, -0.25) is 20.0 Å². The fraction of sp³-hybridized carbons (Fsp3) is 0.692. The quantitative estimate of drug-likeness (QED) is 0.626. The van der Waals surface area contributed by atoms with E-state index >= 15 is 0 Å². The van der Waals surface area contributed by atoms with Gasteiger partial charge in [0.15, 0.2) is 0 Å². The number of amides is 1. The number of halogens is 1. The molecule has 1 aromatic heterocycles. The molecule has 1 amide bonds. The number of H-pyrrole nitrogens is 1. The zero-order valence-corrected chi connectivity index (χ0v) is 13.6. The number of aromatic nitrogens is 2. The molecule has 0 aromatic carbocycles. The van der Waals surface area contributed by atoms with Crippen molar-refractivity contribution in [3.63, 3.8) is 0 Å². The highest BCUT2D eigenvalue weighted by Gasteiger charge is 2.39. The van der Waals surface area contributed by atoms with E-state index < -0.39 is 10.8 Å². The highest BCUT2D eigenvalue weighted by Crippen LogP contribution is 2.31. The molecule has 0 spiro atoms. The Bertz CT molecular complexity index is 562. The van der Waals surface area contributed by atoms with E-state index in [4.69, 9.17) is 5.73 Å². The van der Waals surface area contributed by atoms with Crippen molar-refractivity contribution >= 4 is 24.0 Å². The number of hydrogen-bond donors (Lipinski definition) is 2. The van der Waals surface area contributed by atoms with Gasteiger partial charge >= 0.3 is 5.69 Å². The monoisotopic (exact) mass is 331 g/mol. The molecule has 22 heavy (non-hydrogen) atoms. The molecular weight excluding hydrogens is 310 g/mol. The number of hydrogen-bond acceptors (Lipinski definition) is 5. The van der Waals surface area contributed by atoms with Crippen LogP contribution in [-0.2, 0) is 6.42 Å². The zero-order chi connectivity index (χ0) is 15.6. The van der Waals surface area contributed by atoms with Gasteiger partial charge in [0.05, 0.1) is 4.92 Å². The summed E-state index contributed by atoms with van der Waals surface area (Å²) in [4.78, 5) is 24.8. The first kappa shape index (κ1) is 18.4. The van der Waals surface area contributed by atoms with Gasteiger partial charge in [0.25, 0.3) is 5.91 Å². The second kappa shape index (κ2) is 7.06. The lowest BCUT2D eigenvalue weighted by atomic mass is 9.90. The number of nitrogens with one attached hydrogen (secondary N) is 1. The average molecular weight is 332 g/mol. The SMILES string of the molecule is CCCc1[nH]nc(C(=O)N2CCC(C)(CN)C2)c1[N+](=O)[O-].Cl. The molecule has 3 N–H and O–H groups in total. The van der Waals surface area contributed by atoms with Gasteiger partial charge in [-0.15, -0.1) is 12.4 Å². The molecule has 0 saturated carbocycles. The summed E-state index contributed by atoms with van der Waals surface area (Å²) in [6.07, 6.45) is 2.04. The fourth-order valence-corrected chi connectivity index (χ4v) is 2.66. The van der Waals surface area contributed by atoms with Crippen molar-refractivity contribution in [1.82, 2.24) is 15.1 Å². The van der Waals surface area contributed by atoms with Crippen LogP contribution in [0.4, 0.5) is 5.69 Å². The number of nitrogens with zero attached hydrogens (tertiary/aromatic N) is 3. The Hall–Kier alpha value is -1.67. The van der Waals surface area contributed by atoms with E-state index in [9.17, 15) is 14.9 Å². The van der Waals surface area contributed by atoms with Crippen LogP contribution in [0.15, 0.2) is 0 Å².